The van der Waals surface area contributed by atoms with Crippen LogP contribution in [-0.4, -0.2) is 28.6 Å². The molecule has 5 heteroatoms. The second-order valence-corrected chi connectivity index (χ2v) is 7.54. The number of carbonyl (C=O) groups excluding carboxylic acids is 1. The smallest absolute Gasteiger partial charge is 0.326 e. The Morgan fingerprint density at radius 3 is 2.37 bits per heavy atom. The summed E-state index contributed by atoms with van der Waals surface area (Å²) in [6, 6.07) is 19.2. The molecule has 136 valence electrons. The lowest BCUT2D eigenvalue weighted by Crippen LogP contribution is -2.38. The maximum atomic E-state index is 12.6. The first-order valence-corrected chi connectivity index (χ1v) is 9.87. The van der Waals surface area contributed by atoms with E-state index in [2.05, 4.69) is 0 Å². The van der Waals surface area contributed by atoms with Gasteiger partial charge < -0.3 is 9.84 Å². The van der Waals surface area contributed by atoms with Gasteiger partial charge in [0.05, 0.1) is 0 Å². The van der Waals surface area contributed by atoms with Crippen molar-refractivity contribution in [3.8, 4) is 0 Å². The van der Waals surface area contributed by atoms with Crippen molar-refractivity contribution in [2.75, 3.05) is 11.5 Å². The molecule has 0 aliphatic carbocycles. The SMILES string of the molecule is O=C(O)C1C(=O)OC2=C(CSC/C2=C\c2ccccc2)C1c1ccccc1. The van der Waals surface area contributed by atoms with Crippen molar-refractivity contribution in [3.05, 3.63) is 88.7 Å². The third-order valence-corrected chi connectivity index (χ3v) is 5.86. The van der Waals surface area contributed by atoms with Gasteiger partial charge in [-0.25, -0.2) is 0 Å². The van der Waals surface area contributed by atoms with Crippen molar-refractivity contribution in [1.29, 1.82) is 0 Å². The molecule has 0 bridgehead atoms. The van der Waals surface area contributed by atoms with Crippen LogP contribution in [-0.2, 0) is 14.3 Å². The van der Waals surface area contributed by atoms with E-state index >= 15 is 0 Å². The maximum absolute atomic E-state index is 12.6. The molecular formula is C22H18O4S. The minimum atomic E-state index is -1.22. The Kier molecular flexibility index (Phi) is 4.86. The predicted octanol–water partition coefficient (Wildman–Crippen LogP) is 4.11. The van der Waals surface area contributed by atoms with Crippen molar-refractivity contribution in [2.24, 2.45) is 5.92 Å². The fourth-order valence-electron chi connectivity index (χ4n) is 3.63. The molecular weight excluding hydrogens is 360 g/mol. The average Bonchev–Trinajstić information content (AvgIpc) is 2.69. The number of ether oxygens (including phenoxy) is 1. The van der Waals surface area contributed by atoms with Crippen LogP contribution >= 0.6 is 11.8 Å². The zero-order chi connectivity index (χ0) is 18.8. The van der Waals surface area contributed by atoms with E-state index in [0.717, 1.165) is 28.0 Å². The molecule has 2 heterocycles. The van der Waals surface area contributed by atoms with Gasteiger partial charge in [0.15, 0.2) is 5.92 Å². The molecule has 2 aromatic rings. The van der Waals surface area contributed by atoms with Crippen LogP contribution < -0.4 is 0 Å². The highest BCUT2D eigenvalue weighted by molar-refractivity contribution is 7.99. The van der Waals surface area contributed by atoms with Gasteiger partial charge in [0, 0.05) is 23.0 Å². The Morgan fingerprint density at radius 2 is 1.70 bits per heavy atom. The van der Waals surface area contributed by atoms with Crippen LogP contribution in [0.3, 0.4) is 0 Å². The van der Waals surface area contributed by atoms with Crippen LogP contribution in [0.5, 0.6) is 0 Å². The van der Waals surface area contributed by atoms with Crippen LogP contribution in [0.2, 0.25) is 0 Å². The molecule has 0 spiro atoms. The molecule has 0 amide bonds. The number of thioether (sulfide) groups is 1. The third-order valence-electron chi connectivity index (χ3n) is 4.83. The summed E-state index contributed by atoms with van der Waals surface area (Å²) in [5.41, 5.74) is 3.65. The van der Waals surface area contributed by atoms with E-state index in [1.807, 2.05) is 66.7 Å². The Bertz CT molecular complexity index is 931. The zero-order valence-corrected chi connectivity index (χ0v) is 15.3. The highest BCUT2D eigenvalue weighted by atomic mass is 32.2. The van der Waals surface area contributed by atoms with Crippen LogP contribution in [0.4, 0.5) is 0 Å². The number of rotatable bonds is 3. The summed E-state index contributed by atoms with van der Waals surface area (Å²) >= 11 is 1.71. The maximum Gasteiger partial charge on any atom is 0.326 e. The number of esters is 1. The van der Waals surface area contributed by atoms with Gasteiger partial charge in [-0.2, -0.15) is 11.8 Å². The fourth-order valence-corrected chi connectivity index (χ4v) is 4.69. The monoisotopic (exact) mass is 378 g/mol. The molecule has 2 aliphatic rings. The lowest BCUT2D eigenvalue weighted by molar-refractivity contribution is -0.158. The molecule has 4 nitrogen and oxygen atoms in total. The summed E-state index contributed by atoms with van der Waals surface area (Å²) < 4.78 is 5.58. The summed E-state index contributed by atoms with van der Waals surface area (Å²) in [6.07, 6.45) is 2.01. The molecule has 0 fully saturated rings. The lowest BCUT2D eigenvalue weighted by Gasteiger charge is -2.35. The van der Waals surface area contributed by atoms with Gasteiger partial charge in [0.25, 0.3) is 0 Å². The van der Waals surface area contributed by atoms with Crippen molar-refractivity contribution in [2.45, 2.75) is 5.92 Å². The highest BCUT2D eigenvalue weighted by Crippen LogP contribution is 2.45. The molecule has 2 aromatic carbocycles. The van der Waals surface area contributed by atoms with Gasteiger partial charge in [0.2, 0.25) is 0 Å². The number of aliphatic carboxylic acids is 1. The average molecular weight is 378 g/mol. The van der Waals surface area contributed by atoms with Crippen molar-refractivity contribution in [1.82, 2.24) is 0 Å². The highest BCUT2D eigenvalue weighted by Gasteiger charge is 2.46. The minimum absolute atomic E-state index is 0.507. The minimum Gasteiger partial charge on any atom is -0.481 e. The van der Waals surface area contributed by atoms with Gasteiger partial charge in [-0.15, -0.1) is 0 Å². The molecule has 1 N–H and O–H groups in total. The first-order valence-electron chi connectivity index (χ1n) is 8.71. The Labute approximate surface area is 161 Å². The Balaban J connectivity index is 1.85. The summed E-state index contributed by atoms with van der Waals surface area (Å²) in [6.45, 7) is 0. The molecule has 2 unspecified atom stereocenters. The number of carboxylic acid groups (broad SMARTS) is 1. The molecule has 0 saturated carbocycles. The molecule has 27 heavy (non-hydrogen) atoms. The fraction of sp³-hybridized carbons (Fsp3) is 0.182. The van der Waals surface area contributed by atoms with Crippen LogP contribution in [0.25, 0.3) is 6.08 Å². The first-order chi connectivity index (χ1) is 13.1. The van der Waals surface area contributed by atoms with E-state index in [9.17, 15) is 14.7 Å². The number of carbonyl (C=O) groups is 2. The largest absolute Gasteiger partial charge is 0.481 e. The molecule has 0 radical (unpaired) electrons. The topological polar surface area (TPSA) is 63.6 Å². The number of benzene rings is 2. The summed E-state index contributed by atoms with van der Waals surface area (Å²) in [5.74, 6) is -1.65. The van der Waals surface area contributed by atoms with Gasteiger partial charge in [-0.05, 0) is 22.8 Å². The molecule has 0 saturated heterocycles. The summed E-state index contributed by atoms with van der Waals surface area (Å²) in [7, 11) is 0. The van der Waals surface area contributed by atoms with Crippen LogP contribution in [0.15, 0.2) is 77.6 Å². The van der Waals surface area contributed by atoms with E-state index in [4.69, 9.17) is 4.74 Å². The standard InChI is InChI=1S/C22H18O4S/c23-21(24)19-18(15-9-5-2-6-10-15)17-13-27-12-16(20(17)26-22(19)25)11-14-7-3-1-4-8-14/h1-11,18-19H,12-13H2,(H,23,24)/b16-11+. The Morgan fingerprint density at radius 1 is 1.04 bits per heavy atom. The van der Waals surface area contributed by atoms with E-state index in [1.54, 1.807) is 11.8 Å². The van der Waals surface area contributed by atoms with Crippen LogP contribution in [0.1, 0.15) is 17.0 Å². The van der Waals surface area contributed by atoms with Gasteiger partial charge in [-0.3, -0.25) is 9.59 Å². The zero-order valence-electron chi connectivity index (χ0n) is 14.5. The Hall–Kier alpha value is -2.79. The third kappa shape index (κ3) is 3.43. The van der Waals surface area contributed by atoms with Crippen molar-refractivity contribution < 1.29 is 19.4 Å². The quantitative estimate of drug-likeness (QED) is 0.643. The second-order valence-electron chi connectivity index (χ2n) is 6.55. The predicted molar refractivity (Wildman–Crippen MR) is 105 cm³/mol. The molecule has 0 aromatic heterocycles. The van der Waals surface area contributed by atoms with Crippen LogP contribution in [0, 0.1) is 5.92 Å². The van der Waals surface area contributed by atoms with E-state index in [1.165, 1.54) is 0 Å². The van der Waals surface area contributed by atoms with Gasteiger partial charge in [-0.1, -0.05) is 60.7 Å². The normalized spacial score (nSPS) is 23.7. The number of allylic oxidation sites excluding steroid dienone is 1. The number of hydrogen-bond acceptors (Lipinski definition) is 4. The summed E-state index contributed by atoms with van der Waals surface area (Å²) in [4.78, 5) is 24.5. The second kappa shape index (κ2) is 7.45. The van der Waals surface area contributed by atoms with E-state index in [0.29, 0.717) is 11.5 Å². The molecule has 2 atom stereocenters. The van der Waals surface area contributed by atoms with Crippen molar-refractivity contribution in [3.63, 3.8) is 0 Å². The summed E-state index contributed by atoms with van der Waals surface area (Å²) in [5, 5.41) is 9.69. The lowest BCUT2D eigenvalue weighted by atomic mass is 9.78. The van der Waals surface area contributed by atoms with E-state index in [-0.39, 0.29) is 0 Å². The molecule has 4 rings (SSSR count). The van der Waals surface area contributed by atoms with Crippen molar-refractivity contribution >= 4 is 29.8 Å². The first kappa shape index (κ1) is 17.6. The number of carboxylic acids is 1. The molecule has 2 aliphatic heterocycles. The number of hydrogen-bond donors (Lipinski definition) is 1. The van der Waals surface area contributed by atoms with Gasteiger partial charge in [0.1, 0.15) is 5.76 Å². The van der Waals surface area contributed by atoms with E-state index < -0.39 is 23.8 Å². The van der Waals surface area contributed by atoms with Gasteiger partial charge >= 0.3 is 11.9 Å².